The molecule has 37 heavy (non-hydrogen) atoms. The van der Waals surface area contributed by atoms with Gasteiger partial charge in [0.2, 0.25) is 5.91 Å². The number of carbonyl (C=O) groups excluding carboxylic acids is 1. The van der Waals surface area contributed by atoms with Crippen molar-refractivity contribution in [3.05, 3.63) is 87.4 Å². The molecule has 0 saturated carbocycles. The van der Waals surface area contributed by atoms with Crippen molar-refractivity contribution >= 4 is 46.6 Å². The van der Waals surface area contributed by atoms with Crippen molar-refractivity contribution < 1.29 is 4.79 Å². The Morgan fingerprint density at radius 3 is 2.32 bits per heavy atom. The fraction of sp³-hybridized carbons (Fsp3) is 0.276. The number of aryl methyl sites for hydroxylation is 2. The third-order valence-corrected chi connectivity index (χ3v) is 7.68. The van der Waals surface area contributed by atoms with Crippen LogP contribution in [0.2, 0.25) is 10.0 Å². The highest BCUT2D eigenvalue weighted by molar-refractivity contribution is 7.99. The summed E-state index contributed by atoms with van der Waals surface area (Å²) in [6, 6.07) is 19.6. The summed E-state index contributed by atoms with van der Waals surface area (Å²) in [4.78, 5) is 13.1. The summed E-state index contributed by atoms with van der Waals surface area (Å²) in [6.07, 6.45) is 1.70. The normalized spacial score (nSPS) is 11.2. The second kappa shape index (κ2) is 12.2. The molecule has 0 aliphatic carbocycles. The number of nitrogens with zero attached hydrogens (tertiary/aromatic N) is 3. The Balaban J connectivity index is 1.70. The van der Waals surface area contributed by atoms with Crippen molar-refractivity contribution in [2.75, 3.05) is 11.1 Å². The number of benzene rings is 3. The smallest absolute Gasteiger partial charge is 0.234 e. The van der Waals surface area contributed by atoms with Gasteiger partial charge in [0.05, 0.1) is 16.5 Å². The van der Waals surface area contributed by atoms with Crippen LogP contribution in [-0.2, 0) is 17.6 Å². The zero-order valence-corrected chi connectivity index (χ0v) is 23.7. The van der Waals surface area contributed by atoms with E-state index in [4.69, 9.17) is 23.2 Å². The van der Waals surface area contributed by atoms with Crippen LogP contribution in [0.4, 0.5) is 5.69 Å². The number of amides is 1. The maximum Gasteiger partial charge on any atom is 0.234 e. The molecule has 1 N–H and O–H groups in total. The number of aromatic nitrogens is 3. The highest BCUT2D eigenvalue weighted by atomic mass is 35.5. The van der Waals surface area contributed by atoms with Crippen LogP contribution >= 0.6 is 35.0 Å². The summed E-state index contributed by atoms with van der Waals surface area (Å²) >= 11 is 14.1. The Bertz CT molecular complexity index is 1390. The molecule has 0 fully saturated rings. The number of para-hydroxylation sites is 2. The van der Waals surface area contributed by atoms with Crippen LogP contribution in [0.1, 0.15) is 50.3 Å². The fourth-order valence-corrected chi connectivity index (χ4v) is 5.55. The van der Waals surface area contributed by atoms with E-state index in [-0.39, 0.29) is 17.6 Å². The number of hydrogen-bond donors (Lipinski definition) is 1. The van der Waals surface area contributed by atoms with E-state index >= 15 is 0 Å². The van der Waals surface area contributed by atoms with Gasteiger partial charge in [-0.15, -0.1) is 10.2 Å². The van der Waals surface area contributed by atoms with Gasteiger partial charge in [-0.05, 0) is 59.7 Å². The summed E-state index contributed by atoms with van der Waals surface area (Å²) in [5, 5.41) is 13.8. The van der Waals surface area contributed by atoms with Crippen LogP contribution in [0.5, 0.6) is 0 Å². The molecular formula is C29H30Cl2N4OS. The van der Waals surface area contributed by atoms with Gasteiger partial charge in [0, 0.05) is 16.3 Å². The molecule has 4 rings (SSSR count). The minimum absolute atomic E-state index is 0.0848. The van der Waals surface area contributed by atoms with E-state index in [0.29, 0.717) is 21.0 Å². The molecule has 0 spiro atoms. The van der Waals surface area contributed by atoms with Crippen LogP contribution in [0.25, 0.3) is 17.1 Å². The van der Waals surface area contributed by atoms with Crippen LogP contribution in [0.3, 0.4) is 0 Å². The molecule has 0 saturated heterocycles. The van der Waals surface area contributed by atoms with Crippen LogP contribution in [-0.4, -0.2) is 26.4 Å². The van der Waals surface area contributed by atoms with Gasteiger partial charge >= 0.3 is 0 Å². The standard InChI is InChI=1S/C29H30Cl2N4OS/c1-5-19-10-9-11-20(6-2)27(19)32-26(36)17-37-29-34-33-28(23-15-14-21(30)16-24(23)31)35(29)25-13-8-7-12-22(25)18(3)4/h7-16,18H,5-6,17H2,1-4H3,(H,32,36). The summed E-state index contributed by atoms with van der Waals surface area (Å²) in [6.45, 7) is 8.48. The third kappa shape index (κ3) is 6.03. The molecular weight excluding hydrogens is 523 g/mol. The largest absolute Gasteiger partial charge is 0.325 e. The second-order valence-electron chi connectivity index (χ2n) is 8.97. The Labute approximate surface area is 232 Å². The third-order valence-electron chi connectivity index (χ3n) is 6.20. The molecule has 8 heteroatoms. The second-order valence-corrected chi connectivity index (χ2v) is 10.8. The van der Waals surface area contributed by atoms with E-state index in [0.717, 1.165) is 46.5 Å². The molecule has 0 atom stereocenters. The fourth-order valence-electron chi connectivity index (χ4n) is 4.31. The molecule has 4 aromatic rings. The number of anilines is 1. The van der Waals surface area contributed by atoms with Crippen molar-refractivity contribution in [2.24, 2.45) is 0 Å². The summed E-state index contributed by atoms with van der Waals surface area (Å²) < 4.78 is 1.99. The lowest BCUT2D eigenvalue weighted by Gasteiger charge is -2.17. The zero-order chi connectivity index (χ0) is 26.5. The Morgan fingerprint density at radius 2 is 1.68 bits per heavy atom. The Morgan fingerprint density at radius 1 is 0.973 bits per heavy atom. The maximum atomic E-state index is 13.1. The van der Waals surface area contributed by atoms with Crippen LogP contribution < -0.4 is 5.32 Å². The molecule has 1 aromatic heterocycles. The summed E-state index contributed by atoms with van der Waals surface area (Å²) in [5.41, 5.74) is 5.99. The van der Waals surface area contributed by atoms with E-state index in [9.17, 15) is 4.79 Å². The van der Waals surface area contributed by atoms with Crippen molar-refractivity contribution in [2.45, 2.75) is 51.6 Å². The molecule has 0 bridgehead atoms. The van der Waals surface area contributed by atoms with Crippen molar-refractivity contribution in [1.82, 2.24) is 14.8 Å². The zero-order valence-electron chi connectivity index (χ0n) is 21.4. The molecule has 192 valence electrons. The molecule has 0 radical (unpaired) electrons. The first-order valence-electron chi connectivity index (χ1n) is 12.4. The molecule has 1 heterocycles. The van der Waals surface area contributed by atoms with Crippen LogP contribution in [0.15, 0.2) is 65.8 Å². The number of halogens is 2. The van der Waals surface area contributed by atoms with Crippen molar-refractivity contribution in [1.29, 1.82) is 0 Å². The first-order valence-corrected chi connectivity index (χ1v) is 14.1. The summed E-state index contributed by atoms with van der Waals surface area (Å²) in [5.74, 6) is 0.976. The lowest BCUT2D eigenvalue weighted by molar-refractivity contribution is -0.113. The lowest BCUT2D eigenvalue weighted by atomic mass is 10.0. The van der Waals surface area contributed by atoms with Gasteiger partial charge in [0.25, 0.3) is 0 Å². The Kier molecular flexibility index (Phi) is 8.95. The molecule has 3 aromatic carbocycles. The highest BCUT2D eigenvalue weighted by Gasteiger charge is 2.22. The first kappa shape index (κ1) is 27.2. The minimum atomic E-state index is -0.0848. The minimum Gasteiger partial charge on any atom is -0.325 e. The monoisotopic (exact) mass is 552 g/mol. The number of rotatable bonds is 9. The van der Waals surface area contributed by atoms with Gasteiger partial charge in [-0.2, -0.15) is 0 Å². The van der Waals surface area contributed by atoms with E-state index in [2.05, 4.69) is 61.4 Å². The van der Waals surface area contributed by atoms with Crippen LogP contribution in [0, 0.1) is 0 Å². The van der Waals surface area contributed by atoms with Gasteiger partial charge in [-0.25, -0.2) is 0 Å². The molecule has 5 nitrogen and oxygen atoms in total. The predicted molar refractivity (Wildman–Crippen MR) is 155 cm³/mol. The first-order chi connectivity index (χ1) is 17.8. The maximum absolute atomic E-state index is 13.1. The SMILES string of the molecule is CCc1cccc(CC)c1NC(=O)CSc1nnc(-c2ccc(Cl)cc2Cl)n1-c1ccccc1C(C)C. The number of hydrogen-bond acceptors (Lipinski definition) is 4. The number of thioether (sulfide) groups is 1. The molecule has 0 unspecified atom stereocenters. The Hall–Kier alpha value is -2.80. The van der Waals surface area contributed by atoms with Gasteiger partial charge in [-0.3, -0.25) is 9.36 Å². The number of carbonyl (C=O) groups is 1. The van der Waals surface area contributed by atoms with E-state index in [1.807, 2.05) is 34.9 Å². The van der Waals surface area contributed by atoms with E-state index < -0.39 is 0 Å². The average Bonchev–Trinajstić information content (AvgIpc) is 3.31. The van der Waals surface area contributed by atoms with Gasteiger partial charge in [0.15, 0.2) is 11.0 Å². The lowest BCUT2D eigenvalue weighted by Crippen LogP contribution is -2.17. The van der Waals surface area contributed by atoms with Gasteiger partial charge in [-0.1, -0.05) is 99.1 Å². The summed E-state index contributed by atoms with van der Waals surface area (Å²) in [7, 11) is 0. The van der Waals surface area contributed by atoms with Gasteiger partial charge in [0.1, 0.15) is 0 Å². The van der Waals surface area contributed by atoms with Crippen molar-refractivity contribution in [3.8, 4) is 17.1 Å². The van der Waals surface area contributed by atoms with E-state index in [1.165, 1.54) is 11.8 Å². The predicted octanol–water partition coefficient (Wildman–Crippen LogP) is 8.22. The molecule has 0 aliphatic rings. The van der Waals surface area contributed by atoms with Crippen molar-refractivity contribution in [3.63, 3.8) is 0 Å². The number of nitrogens with one attached hydrogen (secondary N) is 1. The quantitative estimate of drug-likeness (QED) is 0.212. The average molecular weight is 554 g/mol. The topological polar surface area (TPSA) is 59.8 Å². The molecule has 1 amide bonds. The highest BCUT2D eigenvalue weighted by Crippen LogP contribution is 2.36. The molecule has 0 aliphatic heterocycles. The van der Waals surface area contributed by atoms with E-state index in [1.54, 1.807) is 12.1 Å². The van der Waals surface area contributed by atoms with Gasteiger partial charge < -0.3 is 5.32 Å².